The highest BCUT2D eigenvalue weighted by molar-refractivity contribution is 6.01. The van der Waals surface area contributed by atoms with Gasteiger partial charge in [0, 0.05) is 18.1 Å². The molecule has 2 aromatic heterocycles. The van der Waals surface area contributed by atoms with Gasteiger partial charge in [-0.2, -0.15) is 5.10 Å². The predicted octanol–water partition coefficient (Wildman–Crippen LogP) is 2.93. The molecule has 0 radical (unpaired) electrons. The summed E-state index contributed by atoms with van der Waals surface area (Å²) in [4.78, 5) is 16.0. The van der Waals surface area contributed by atoms with Gasteiger partial charge < -0.3 is 8.98 Å². The van der Waals surface area contributed by atoms with Crippen molar-refractivity contribution in [2.75, 3.05) is 0 Å². The number of furan rings is 1. The van der Waals surface area contributed by atoms with Crippen molar-refractivity contribution in [3.63, 3.8) is 0 Å². The number of hydrogen-bond acceptors (Lipinski definition) is 4. The van der Waals surface area contributed by atoms with Crippen LogP contribution >= 0.6 is 0 Å². The number of carbonyl (C=O) groups excluding carboxylic acids is 1. The maximum atomic E-state index is 12.0. The summed E-state index contributed by atoms with van der Waals surface area (Å²) in [5, 5.41) is 4.14. The van der Waals surface area contributed by atoms with E-state index in [0.29, 0.717) is 11.3 Å². The smallest absolute Gasteiger partial charge is 0.274 e. The topological polar surface area (TPSA) is 72.4 Å². The lowest BCUT2D eigenvalue weighted by Gasteiger charge is -2.05. The average molecular weight is 308 g/mol. The standard InChI is InChI=1S/C17H16N4O2/c1-12(19-20-17(22)16-7-10-23-13(16)2)14-3-5-15(6-4-14)21-9-8-18-11-21/h3-11H,1-2H3,(H,20,22)/b19-12-. The van der Waals surface area contributed by atoms with Crippen LogP contribution in [0.5, 0.6) is 0 Å². The summed E-state index contributed by atoms with van der Waals surface area (Å²) in [7, 11) is 0. The normalized spacial score (nSPS) is 11.5. The van der Waals surface area contributed by atoms with E-state index in [4.69, 9.17) is 4.42 Å². The second-order valence-electron chi connectivity index (χ2n) is 5.05. The minimum absolute atomic E-state index is 0.286. The largest absolute Gasteiger partial charge is 0.469 e. The fourth-order valence-corrected chi connectivity index (χ4v) is 2.17. The van der Waals surface area contributed by atoms with Crippen LogP contribution in [0, 0.1) is 6.92 Å². The highest BCUT2D eigenvalue weighted by Gasteiger charge is 2.10. The maximum absolute atomic E-state index is 12.0. The van der Waals surface area contributed by atoms with Gasteiger partial charge in [-0.1, -0.05) is 12.1 Å². The van der Waals surface area contributed by atoms with Crippen LogP contribution in [0.15, 0.2) is 64.8 Å². The monoisotopic (exact) mass is 308 g/mol. The molecule has 6 nitrogen and oxygen atoms in total. The second-order valence-corrected chi connectivity index (χ2v) is 5.05. The Kier molecular flexibility index (Phi) is 4.05. The van der Waals surface area contributed by atoms with Gasteiger partial charge in [0.1, 0.15) is 5.76 Å². The molecule has 3 aromatic rings. The minimum Gasteiger partial charge on any atom is -0.469 e. The molecule has 1 N–H and O–H groups in total. The van der Waals surface area contributed by atoms with E-state index in [-0.39, 0.29) is 5.91 Å². The number of benzene rings is 1. The van der Waals surface area contributed by atoms with Crippen LogP contribution < -0.4 is 5.43 Å². The Balaban J connectivity index is 1.71. The van der Waals surface area contributed by atoms with Crippen LogP contribution in [0.4, 0.5) is 0 Å². The minimum atomic E-state index is -0.286. The Morgan fingerprint density at radius 1 is 1.26 bits per heavy atom. The zero-order valence-corrected chi connectivity index (χ0v) is 12.9. The van der Waals surface area contributed by atoms with Crippen molar-refractivity contribution >= 4 is 11.6 Å². The zero-order valence-electron chi connectivity index (χ0n) is 12.9. The van der Waals surface area contributed by atoms with E-state index in [0.717, 1.165) is 17.0 Å². The van der Waals surface area contributed by atoms with Crippen molar-refractivity contribution in [3.8, 4) is 5.69 Å². The van der Waals surface area contributed by atoms with E-state index in [1.807, 2.05) is 42.0 Å². The molecular formula is C17H16N4O2. The summed E-state index contributed by atoms with van der Waals surface area (Å²) >= 11 is 0. The molecule has 3 rings (SSSR count). The predicted molar refractivity (Wildman–Crippen MR) is 86.7 cm³/mol. The molecule has 116 valence electrons. The molecule has 0 saturated carbocycles. The van der Waals surface area contributed by atoms with Crippen LogP contribution in [-0.2, 0) is 0 Å². The second kappa shape index (κ2) is 6.31. The molecule has 0 fully saturated rings. The molecule has 0 aliphatic carbocycles. The molecule has 0 unspecified atom stereocenters. The number of imidazole rings is 1. The van der Waals surface area contributed by atoms with Gasteiger partial charge in [0.2, 0.25) is 0 Å². The first-order chi connectivity index (χ1) is 11.1. The summed E-state index contributed by atoms with van der Waals surface area (Å²) in [6, 6.07) is 9.46. The summed E-state index contributed by atoms with van der Waals surface area (Å²) in [6.45, 7) is 3.58. The number of carbonyl (C=O) groups is 1. The first-order valence-corrected chi connectivity index (χ1v) is 7.12. The fraction of sp³-hybridized carbons (Fsp3) is 0.118. The molecule has 2 heterocycles. The number of nitrogens with one attached hydrogen (secondary N) is 1. The lowest BCUT2D eigenvalue weighted by Crippen LogP contribution is -2.19. The van der Waals surface area contributed by atoms with Gasteiger partial charge in [-0.05, 0) is 37.6 Å². The Morgan fingerprint density at radius 3 is 2.65 bits per heavy atom. The molecule has 1 aromatic carbocycles. The van der Waals surface area contributed by atoms with E-state index in [2.05, 4.69) is 15.5 Å². The van der Waals surface area contributed by atoms with E-state index in [9.17, 15) is 4.79 Å². The summed E-state index contributed by atoms with van der Waals surface area (Å²) in [5.41, 5.74) is 5.68. The highest BCUT2D eigenvalue weighted by atomic mass is 16.3. The van der Waals surface area contributed by atoms with Gasteiger partial charge in [0.05, 0.1) is 23.9 Å². The lowest BCUT2D eigenvalue weighted by molar-refractivity contribution is 0.0953. The highest BCUT2D eigenvalue weighted by Crippen LogP contribution is 2.11. The molecule has 0 atom stereocenters. The maximum Gasteiger partial charge on any atom is 0.274 e. The van der Waals surface area contributed by atoms with E-state index >= 15 is 0 Å². The lowest BCUT2D eigenvalue weighted by atomic mass is 10.1. The molecule has 0 saturated heterocycles. The van der Waals surface area contributed by atoms with Gasteiger partial charge >= 0.3 is 0 Å². The number of aryl methyl sites for hydroxylation is 1. The quantitative estimate of drug-likeness (QED) is 0.595. The van der Waals surface area contributed by atoms with Crippen LogP contribution in [0.2, 0.25) is 0 Å². The number of amides is 1. The van der Waals surface area contributed by atoms with Crippen molar-refractivity contribution in [3.05, 3.63) is 72.2 Å². The molecule has 0 aliphatic heterocycles. The average Bonchev–Trinajstić information content (AvgIpc) is 3.24. The molecule has 23 heavy (non-hydrogen) atoms. The van der Waals surface area contributed by atoms with Crippen molar-refractivity contribution in [2.45, 2.75) is 13.8 Å². The Hall–Kier alpha value is -3.15. The zero-order chi connectivity index (χ0) is 16.2. The summed E-state index contributed by atoms with van der Waals surface area (Å²) in [5.74, 6) is 0.283. The number of hydrazone groups is 1. The molecule has 6 heteroatoms. The van der Waals surface area contributed by atoms with E-state index < -0.39 is 0 Å². The molecule has 0 aliphatic rings. The summed E-state index contributed by atoms with van der Waals surface area (Å²) < 4.78 is 7.03. The third-order valence-electron chi connectivity index (χ3n) is 3.52. The number of hydrogen-bond donors (Lipinski definition) is 1. The van der Waals surface area contributed by atoms with Crippen molar-refractivity contribution in [1.82, 2.24) is 15.0 Å². The fourth-order valence-electron chi connectivity index (χ4n) is 2.17. The van der Waals surface area contributed by atoms with Gasteiger partial charge in [-0.3, -0.25) is 4.79 Å². The summed E-state index contributed by atoms with van der Waals surface area (Å²) in [6.07, 6.45) is 6.83. The molecule has 0 bridgehead atoms. The first kappa shape index (κ1) is 14.8. The van der Waals surface area contributed by atoms with E-state index in [1.165, 1.54) is 6.26 Å². The third kappa shape index (κ3) is 3.21. The van der Waals surface area contributed by atoms with Crippen LogP contribution in [-0.4, -0.2) is 21.2 Å². The van der Waals surface area contributed by atoms with Gasteiger partial charge in [-0.25, -0.2) is 10.4 Å². The van der Waals surface area contributed by atoms with Gasteiger partial charge in [0.15, 0.2) is 0 Å². The molecular weight excluding hydrogens is 292 g/mol. The number of rotatable bonds is 4. The van der Waals surface area contributed by atoms with Gasteiger partial charge in [0.25, 0.3) is 5.91 Å². The van der Waals surface area contributed by atoms with Crippen LogP contribution in [0.1, 0.15) is 28.6 Å². The Morgan fingerprint density at radius 2 is 2.04 bits per heavy atom. The van der Waals surface area contributed by atoms with E-state index in [1.54, 1.807) is 25.5 Å². The number of nitrogens with zero attached hydrogens (tertiary/aromatic N) is 3. The SMILES string of the molecule is C/C(=N/NC(=O)c1ccoc1C)c1ccc(-n2ccnc2)cc1. The molecule has 1 amide bonds. The van der Waals surface area contributed by atoms with Crippen LogP contribution in [0.3, 0.4) is 0 Å². The van der Waals surface area contributed by atoms with Gasteiger partial charge in [-0.15, -0.1) is 0 Å². The number of aromatic nitrogens is 2. The first-order valence-electron chi connectivity index (χ1n) is 7.12. The van der Waals surface area contributed by atoms with Crippen molar-refractivity contribution in [2.24, 2.45) is 5.10 Å². The van der Waals surface area contributed by atoms with Crippen molar-refractivity contribution < 1.29 is 9.21 Å². The molecule has 0 spiro atoms. The third-order valence-corrected chi connectivity index (χ3v) is 3.52. The Bertz CT molecular complexity index is 830. The van der Waals surface area contributed by atoms with Crippen molar-refractivity contribution in [1.29, 1.82) is 0 Å². The van der Waals surface area contributed by atoms with Crippen LogP contribution in [0.25, 0.3) is 5.69 Å². The Labute approximate surface area is 133 Å².